The minimum Gasteiger partial charge on any atom is -0.311 e. The third-order valence-corrected chi connectivity index (χ3v) is 6.15. The summed E-state index contributed by atoms with van der Waals surface area (Å²) in [5, 5.41) is 3.51. The molecule has 21 heavy (non-hydrogen) atoms. The van der Waals surface area contributed by atoms with E-state index in [1.807, 2.05) is 0 Å². The molecular formula is C12H11BrFN3O2S2. The molecule has 0 atom stereocenters. The maximum atomic E-state index is 13.5. The van der Waals surface area contributed by atoms with Crippen molar-refractivity contribution < 1.29 is 12.8 Å². The molecule has 1 aromatic heterocycles. The Balaban J connectivity index is 1.88. The Morgan fingerprint density at radius 2 is 2.24 bits per heavy atom. The zero-order chi connectivity index (χ0) is 15.0. The molecule has 9 heteroatoms. The fourth-order valence-corrected chi connectivity index (χ4v) is 4.46. The molecule has 0 fully saturated rings. The summed E-state index contributed by atoms with van der Waals surface area (Å²) in [6, 6.07) is 3.67. The summed E-state index contributed by atoms with van der Waals surface area (Å²) >= 11 is 4.29. The second kappa shape index (κ2) is 5.64. The number of aromatic nitrogens is 1. The number of thiazole rings is 1. The van der Waals surface area contributed by atoms with Gasteiger partial charge in [-0.2, -0.15) is 0 Å². The molecule has 3 rings (SSSR count). The monoisotopic (exact) mass is 391 g/mol. The van der Waals surface area contributed by atoms with E-state index in [0.29, 0.717) is 11.7 Å². The molecule has 1 aromatic carbocycles. The van der Waals surface area contributed by atoms with Gasteiger partial charge in [0.15, 0.2) is 5.13 Å². The number of fused-ring (bicyclic) bond motifs is 1. The Morgan fingerprint density at radius 1 is 1.43 bits per heavy atom. The highest BCUT2D eigenvalue weighted by Crippen LogP contribution is 2.28. The number of sulfonamides is 1. The molecule has 0 aliphatic carbocycles. The van der Waals surface area contributed by atoms with Crippen molar-refractivity contribution in [2.45, 2.75) is 17.9 Å². The first kappa shape index (κ1) is 14.9. The zero-order valence-electron chi connectivity index (χ0n) is 10.7. The van der Waals surface area contributed by atoms with Gasteiger partial charge in [0.2, 0.25) is 0 Å². The van der Waals surface area contributed by atoms with Crippen LogP contribution < -0.4 is 10.0 Å². The quantitative estimate of drug-likeness (QED) is 0.842. The fourth-order valence-electron chi connectivity index (χ4n) is 1.99. The predicted molar refractivity (Wildman–Crippen MR) is 82.4 cm³/mol. The highest BCUT2D eigenvalue weighted by molar-refractivity contribution is 9.10. The lowest BCUT2D eigenvalue weighted by Gasteiger charge is -2.09. The molecule has 2 heterocycles. The lowest BCUT2D eigenvalue weighted by atomic mass is 10.2. The highest BCUT2D eigenvalue weighted by atomic mass is 79.9. The normalized spacial score (nSPS) is 14.8. The van der Waals surface area contributed by atoms with E-state index in [1.165, 1.54) is 23.5 Å². The number of halogens is 2. The molecule has 0 saturated heterocycles. The minimum absolute atomic E-state index is 0.130. The molecule has 0 radical (unpaired) electrons. The van der Waals surface area contributed by atoms with E-state index in [2.05, 4.69) is 31.0 Å². The van der Waals surface area contributed by atoms with Crippen molar-refractivity contribution in [2.75, 3.05) is 11.3 Å². The summed E-state index contributed by atoms with van der Waals surface area (Å²) in [6.07, 6.45) is 0.778. The average molecular weight is 392 g/mol. The number of hydrogen-bond donors (Lipinski definition) is 2. The largest absolute Gasteiger partial charge is 0.311 e. The lowest BCUT2D eigenvalue weighted by molar-refractivity contribution is 0.593. The van der Waals surface area contributed by atoms with Crippen molar-refractivity contribution in [1.29, 1.82) is 0 Å². The number of anilines is 1. The van der Waals surface area contributed by atoms with Crippen LogP contribution in [-0.4, -0.2) is 19.9 Å². The Kier molecular flexibility index (Phi) is 4.00. The molecule has 1 aliphatic heterocycles. The number of rotatable bonds is 3. The number of nitrogens with zero attached hydrogens (tertiary/aromatic N) is 1. The van der Waals surface area contributed by atoms with Crippen LogP contribution in [-0.2, 0) is 23.0 Å². The third kappa shape index (κ3) is 3.10. The molecule has 2 aromatic rings. The maximum absolute atomic E-state index is 13.5. The van der Waals surface area contributed by atoms with Crippen LogP contribution in [0.4, 0.5) is 9.52 Å². The first-order valence-corrected chi connectivity index (χ1v) is 9.22. The predicted octanol–water partition coefficient (Wildman–Crippen LogP) is 2.49. The standard InChI is InChI=1S/C12H11BrFN3O2S2/c13-8-2-1-7(5-9(8)14)21(18,19)17-12-16-10-3-4-15-6-11(10)20-12/h1-2,5,15H,3-4,6H2,(H,16,17). The lowest BCUT2D eigenvalue weighted by Crippen LogP contribution is -2.22. The minimum atomic E-state index is -3.84. The number of hydrogen-bond acceptors (Lipinski definition) is 5. The van der Waals surface area contributed by atoms with Crippen molar-refractivity contribution in [1.82, 2.24) is 10.3 Å². The number of benzene rings is 1. The maximum Gasteiger partial charge on any atom is 0.263 e. The zero-order valence-corrected chi connectivity index (χ0v) is 13.9. The molecule has 0 saturated carbocycles. The van der Waals surface area contributed by atoms with E-state index < -0.39 is 15.8 Å². The van der Waals surface area contributed by atoms with Gasteiger partial charge in [-0.3, -0.25) is 4.72 Å². The van der Waals surface area contributed by atoms with Crippen LogP contribution in [0.3, 0.4) is 0 Å². The van der Waals surface area contributed by atoms with Gasteiger partial charge in [-0.1, -0.05) is 11.3 Å². The molecule has 0 spiro atoms. The van der Waals surface area contributed by atoms with Crippen molar-refractivity contribution in [2.24, 2.45) is 0 Å². The van der Waals surface area contributed by atoms with Crippen LogP contribution in [0.1, 0.15) is 10.6 Å². The molecule has 1 aliphatic rings. The van der Waals surface area contributed by atoms with Crippen LogP contribution in [0.5, 0.6) is 0 Å². The van der Waals surface area contributed by atoms with E-state index in [-0.39, 0.29) is 9.37 Å². The summed E-state index contributed by atoms with van der Waals surface area (Å²) in [5.41, 5.74) is 0.915. The molecule has 5 nitrogen and oxygen atoms in total. The smallest absolute Gasteiger partial charge is 0.263 e. The van der Waals surface area contributed by atoms with E-state index in [9.17, 15) is 12.8 Å². The second-order valence-electron chi connectivity index (χ2n) is 4.50. The van der Waals surface area contributed by atoms with Crippen molar-refractivity contribution >= 4 is 42.4 Å². The molecular weight excluding hydrogens is 381 g/mol. The van der Waals surface area contributed by atoms with Crippen molar-refractivity contribution in [3.05, 3.63) is 39.1 Å². The molecule has 0 bridgehead atoms. The third-order valence-electron chi connectivity index (χ3n) is 3.03. The molecule has 0 amide bonds. The summed E-state index contributed by atoms with van der Waals surface area (Å²) in [7, 11) is -3.84. The highest BCUT2D eigenvalue weighted by Gasteiger charge is 2.20. The van der Waals surface area contributed by atoms with Crippen molar-refractivity contribution in [3.63, 3.8) is 0 Å². The van der Waals surface area contributed by atoms with Gasteiger partial charge in [-0.05, 0) is 34.1 Å². The van der Waals surface area contributed by atoms with Crippen molar-refractivity contribution in [3.8, 4) is 0 Å². The van der Waals surface area contributed by atoms with Gasteiger partial charge < -0.3 is 5.32 Å². The van der Waals surface area contributed by atoms with Gasteiger partial charge in [0.05, 0.1) is 15.1 Å². The van der Waals surface area contributed by atoms with Gasteiger partial charge in [-0.25, -0.2) is 17.8 Å². The van der Waals surface area contributed by atoms with Crippen LogP contribution in [0.2, 0.25) is 0 Å². The number of nitrogens with one attached hydrogen (secondary N) is 2. The summed E-state index contributed by atoms with van der Waals surface area (Å²) in [4.78, 5) is 5.19. The Bertz CT molecular complexity index is 768. The first-order chi connectivity index (χ1) is 9.95. The average Bonchev–Trinajstić information content (AvgIpc) is 2.82. The second-order valence-corrected chi connectivity index (χ2v) is 8.12. The van der Waals surface area contributed by atoms with Gasteiger partial charge in [0.25, 0.3) is 10.0 Å². The first-order valence-electron chi connectivity index (χ1n) is 6.13. The summed E-state index contributed by atoms with van der Waals surface area (Å²) in [5.74, 6) is -0.625. The SMILES string of the molecule is O=S(=O)(Nc1nc2c(s1)CNCC2)c1ccc(Br)c(F)c1. The van der Waals surface area contributed by atoms with Crippen LogP contribution in [0.15, 0.2) is 27.6 Å². The Morgan fingerprint density at radius 3 is 2.95 bits per heavy atom. The van der Waals surface area contributed by atoms with E-state index in [4.69, 9.17) is 0 Å². The van der Waals surface area contributed by atoms with Gasteiger partial charge >= 0.3 is 0 Å². The van der Waals surface area contributed by atoms with E-state index in [0.717, 1.165) is 29.6 Å². The van der Waals surface area contributed by atoms with Gasteiger partial charge in [-0.15, -0.1) is 0 Å². The Hall–Kier alpha value is -1.03. The molecule has 112 valence electrons. The molecule has 0 unspecified atom stereocenters. The topological polar surface area (TPSA) is 71.1 Å². The van der Waals surface area contributed by atoms with Crippen LogP contribution in [0.25, 0.3) is 0 Å². The van der Waals surface area contributed by atoms with Gasteiger partial charge in [0.1, 0.15) is 5.82 Å². The summed E-state index contributed by atoms with van der Waals surface area (Å²) in [6.45, 7) is 1.53. The Labute approximate surface area is 133 Å². The van der Waals surface area contributed by atoms with Crippen LogP contribution >= 0.6 is 27.3 Å². The fraction of sp³-hybridized carbons (Fsp3) is 0.250. The van der Waals surface area contributed by atoms with Gasteiger partial charge in [0, 0.05) is 24.4 Å². The summed E-state index contributed by atoms with van der Waals surface area (Å²) < 4.78 is 40.6. The van der Waals surface area contributed by atoms with E-state index in [1.54, 1.807) is 0 Å². The van der Waals surface area contributed by atoms with Crippen LogP contribution in [0, 0.1) is 5.82 Å². The molecule has 2 N–H and O–H groups in total. The van der Waals surface area contributed by atoms with E-state index >= 15 is 0 Å².